The Labute approximate surface area is 390 Å². The van der Waals surface area contributed by atoms with Gasteiger partial charge in [-0.05, 0) is 44.2 Å². The molecule has 0 bridgehead atoms. The molecule has 1 unspecified atom stereocenters. The summed E-state index contributed by atoms with van der Waals surface area (Å²) in [6, 6.07) is -1.49. The second-order valence-corrected chi connectivity index (χ2v) is 16.3. The number of nitrogens with two attached hydrogens (primary N) is 4. The molecule has 24 nitrogen and oxygen atoms in total. The summed E-state index contributed by atoms with van der Waals surface area (Å²) >= 11 is 9.25. The standard InChI is InChI=1S/C38H59N13O11S3/c39-11-5-4-9-22-33(58)49-25(16-63)36(61)47-21(10-6-12-43-38(41)42)32(57)44-15-28(52)46-24(14-30(54)55)35(60)50-26(17-64)37(62)48-23(13-20-7-2-1-3-8-20)34(59)51-27(31(40)56)18-65-19-29(53)45-22/h1-3,7-8,21-27,63-64H,4-6,9-19,39H2,(H2,40,56)(H,44,57)(H,45,53)(H,46,52)(H,47,61)(H,48,62)(H,49,58)(H,50,60)(H,51,59)(H,54,55)(H4,41,42,43)/t21-,22-,23-,24-,25-,26?,27-/m0/s1. The van der Waals surface area contributed by atoms with Crippen LogP contribution in [0.3, 0.4) is 0 Å². The van der Waals surface area contributed by atoms with Crippen LogP contribution in [0.1, 0.15) is 44.1 Å². The SMILES string of the molecule is NCCCC[C@@H]1NC(=O)CSC[C@@H](C(N)=O)NC(=O)[C@H](Cc2ccccc2)NC(=O)C(CS)NC(=O)[C@H](CC(=O)O)NC(=O)CNC(=O)[C@H](CCCN=C(N)N)NC(=O)[C@H](CS)NC1=O. The molecular weight excluding hydrogens is 911 g/mol. The van der Waals surface area contributed by atoms with Crippen LogP contribution < -0.4 is 65.5 Å². The molecule has 65 heavy (non-hydrogen) atoms. The number of nitrogens with one attached hydrogen (secondary N) is 8. The Bertz CT molecular complexity index is 1860. The zero-order chi connectivity index (χ0) is 48.5. The minimum atomic E-state index is -1.79. The van der Waals surface area contributed by atoms with Crippen LogP contribution in [0.4, 0.5) is 0 Å². The summed E-state index contributed by atoms with van der Waals surface area (Å²) < 4.78 is 0. The van der Waals surface area contributed by atoms with E-state index in [1.165, 1.54) is 0 Å². The highest BCUT2D eigenvalue weighted by atomic mass is 32.2. The number of guanidine groups is 1. The van der Waals surface area contributed by atoms with E-state index >= 15 is 0 Å². The third kappa shape index (κ3) is 21.2. The number of unbranched alkanes of at least 4 members (excludes halogenated alkanes) is 1. The van der Waals surface area contributed by atoms with Gasteiger partial charge in [0.05, 0.1) is 18.7 Å². The largest absolute Gasteiger partial charge is 0.481 e. The molecule has 1 saturated heterocycles. The van der Waals surface area contributed by atoms with Crippen molar-refractivity contribution in [3.05, 3.63) is 35.9 Å². The minimum Gasteiger partial charge on any atom is -0.481 e. The predicted molar refractivity (Wildman–Crippen MR) is 246 cm³/mol. The van der Waals surface area contributed by atoms with E-state index in [1.54, 1.807) is 30.3 Å². The predicted octanol–water partition coefficient (Wildman–Crippen LogP) is -5.51. The molecule has 7 atom stereocenters. The molecule has 360 valence electrons. The summed E-state index contributed by atoms with van der Waals surface area (Å²) in [5.41, 5.74) is 22.6. The van der Waals surface area contributed by atoms with Gasteiger partial charge in [-0.15, -0.1) is 11.8 Å². The van der Waals surface area contributed by atoms with Gasteiger partial charge in [0, 0.05) is 30.2 Å². The number of benzene rings is 1. The average molecular weight is 970 g/mol. The second-order valence-electron chi connectivity index (χ2n) is 14.6. The first-order valence-electron chi connectivity index (χ1n) is 20.4. The van der Waals surface area contributed by atoms with E-state index in [2.05, 4.69) is 72.8 Å². The third-order valence-corrected chi connectivity index (χ3v) is 11.1. The van der Waals surface area contributed by atoms with E-state index in [0.717, 1.165) is 11.8 Å². The molecule has 0 aliphatic carbocycles. The number of carboxylic acid groups (broad SMARTS) is 1. The van der Waals surface area contributed by atoms with Gasteiger partial charge in [-0.2, -0.15) is 25.3 Å². The molecule has 0 radical (unpaired) electrons. The van der Waals surface area contributed by atoms with Crippen LogP contribution in [0.5, 0.6) is 0 Å². The molecular formula is C38H59N13O11S3. The quantitative estimate of drug-likeness (QED) is 0.0338. The summed E-state index contributed by atoms with van der Waals surface area (Å²) in [5.74, 6) is -11.1. The van der Waals surface area contributed by atoms with Crippen molar-refractivity contribution in [2.24, 2.45) is 27.9 Å². The lowest BCUT2D eigenvalue weighted by Gasteiger charge is -2.25. The van der Waals surface area contributed by atoms with Gasteiger partial charge < -0.3 is 70.6 Å². The minimum absolute atomic E-state index is 0.0403. The second kappa shape index (κ2) is 29.6. The van der Waals surface area contributed by atoms with Crippen LogP contribution in [0.25, 0.3) is 0 Å². The van der Waals surface area contributed by atoms with Crippen LogP contribution in [0, 0.1) is 0 Å². The Morgan fingerprint density at radius 1 is 0.662 bits per heavy atom. The highest BCUT2D eigenvalue weighted by Crippen LogP contribution is 2.10. The van der Waals surface area contributed by atoms with Crippen molar-refractivity contribution in [2.45, 2.75) is 87.2 Å². The van der Waals surface area contributed by atoms with Gasteiger partial charge in [0.1, 0.15) is 42.3 Å². The normalized spacial score (nSPS) is 24.0. The van der Waals surface area contributed by atoms with E-state index in [0.29, 0.717) is 18.4 Å². The van der Waals surface area contributed by atoms with Crippen LogP contribution in [-0.4, -0.2) is 155 Å². The molecule has 1 aliphatic rings. The topological polar surface area (TPSA) is 404 Å². The first-order valence-corrected chi connectivity index (χ1v) is 22.8. The molecule has 17 N–H and O–H groups in total. The maximum absolute atomic E-state index is 13.7. The molecule has 1 heterocycles. The van der Waals surface area contributed by atoms with Gasteiger partial charge in [-0.3, -0.25) is 52.9 Å². The Morgan fingerprint density at radius 3 is 1.75 bits per heavy atom. The molecule has 27 heteroatoms. The van der Waals surface area contributed by atoms with Crippen molar-refractivity contribution in [3.8, 4) is 0 Å². The Morgan fingerprint density at radius 2 is 1.18 bits per heavy atom. The number of nitrogens with zero attached hydrogens (tertiary/aromatic N) is 1. The van der Waals surface area contributed by atoms with Gasteiger partial charge >= 0.3 is 5.97 Å². The van der Waals surface area contributed by atoms with Crippen LogP contribution in [0.15, 0.2) is 35.3 Å². The fourth-order valence-corrected chi connectivity index (χ4v) is 7.35. The summed E-state index contributed by atoms with van der Waals surface area (Å²) in [6.07, 6.45) is -0.0183. The van der Waals surface area contributed by atoms with Crippen molar-refractivity contribution in [1.82, 2.24) is 42.5 Å². The number of rotatable bonds is 15. The number of hydrogen-bond acceptors (Lipinski definition) is 15. The van der Waals surface area contributed by atoms with E-state index in [4.69, 9.17) is 22.9 Å². The van der Waals surface area contributed by atoms with E-state index in [1.807, 2.05) is 0 Å². The summed E-state index contributed by atoms with van der Waals surface area (Å²) in [4.78, 5) is 136. The molecule has 1 fully saturated rings. The Kier molecular flexibility index (Phi) is 25.2. The highest BCUT2D eigenvalue weighted by Gasteiger charge is 2.33. The molecule has 1 aliphatic heterocycles. The fourth-order valence-electron chi connectivity index (χ4n) is 5.96. The third-order valence-electron chi connectivity index (χ3n) is 9.35. The van der Waals surface area contributed by atoms with Crippen molar-refractivity contribution < 1.29 is 53.1 Å². The maximum atomic E-state index is 13.7. The number of amides is 9. The Hall–Kier alpha value is -5.80. The van der Waals surface area contributed by atoms with Gasteiger partial charge in [0.2, 0.25) is 53.2 Å². The maximum Gasteiger partial charge on any atom is 0.305 e. The Balaban J connectivity index is 2.55. The van der Waals surface area contributed by atoms with E-state index < -0.39 is 114 Å². The molecule has 2 rings (SSSR count). The smallest absolute Gasteiger partial charge is 0.305 e. The average Bonchev–Trinajstić information content (AvgIpc) is 3.25. The highest BCUT2D eigenvalue weighted by molar-refractivity contribution is 8.00. The van der Waals surface area contributed by atoms with Gasteiger partial charge in [0.15, 0.2) is 5.96 Å². The first kappa shape index (κ1) is 55.3. The number of primary amides is 1. The number of thioether (sulfide) groups is 1. The molecule has 0 saturated carbocycles. The number of hydrogen-bond donors (Lipinski definition) is 15. The molecule has 0 aromatic heterocycles. The van der Waals surface area contributed by atoms with Crippen molar-refractivity contribution >= 4 is 102 Å². The van der Waals surface area contributed by atoms with Crippen molar-refractivity contribution in [1.29, 1.82) is 0 Å². The van der Waals surface area contributed by atoms with Crippen LogP contribution in [0.2, 0.25) is 0 Å². The van der Waals surface area contributed by atoms with Gasteiger partial charge in [0.25, 0.3) is 0 Å². The monoisotopic (exact) mass is 969 g/mol. The fraction of sp³-hybridized carbons (Fsp3) is 0.553. The molecule has 1 aromatic carbocycles. The lowest BCUT2D eigenvalue weighted by Crippen LogP contribution is -2.60. The number of carbonyl (C=O) groups is 10. The summed E-state index contributed by atoms with van der Waals surface area (Å²) in [7, 11) is 0. The number of thiol groups is 2. The van der Waals surface area contributed by atoms with Gasteiger partial charge in [-0.1, -0.05) is 30.3 Å². The van der Waals surface area contributed by atoms with Crippen molar-refractivity contribution in [2.75, 3.05) is 42.6 Å². The number of aliphatic carboxylic acids is 1. The summed E-state index contributed by atoms with van der Waals surface area (Å²) in [6.45, 7) is -0.493. The van der Waals surface area contributed by atoms with Gasteiger partial charge in [-0.25, -0.2) is 0 Å². The zero-order valence-corrected chi connectivity index (χ0v) is 38.0. The van der Waals surface area contributed by atoms with E-state index in [9.17, 15) is 53.1 Å². The number of carboxylic acids is 1. The van der Waals surface area contributed by atoms with Crippen molar-refractivity contribution in [3.63, 3.8) is 0 Å². The number of carbonyl (C=O) groups excluding carboxylic acids is 9. The lowest BCUT2D eigenvalue weighted by atomic mass is 10.0. The first-order chi connectivity index (χ1) is 30.9. The summed E-state index contributed by atoms with van der Waals surface area (Å²) in [5, 5.41) is 29.1. The molecule has 1 aromatic rings. The van der Waals surface area contributed by atoms with Crippen LogP contribution >= 0.6 is 37.0 Å². The molecule has 0 spiro atoms. The van der Waals surface area contributed by atoms with Crippen LogP contribution in [-0.2, 0) is 54.4 Å². The zero-order valence-electron chi connectivity index (χ0n) is 35.4. The lowest BCUT2D eigenvalue weighted by molar-refractivity contribution is -0.141. The van der Waals surface area contributed by atoms with E-state index in [-0.39, 0.29) is 67.7 Å². The number of aliphatic imine (C=N–C) groups is 1. The molecule has 9 amide bonds.